The summed E-state index contributed by atoms with van der Waals surface area (Å²) < 4.78 is 11.5. The van der Waals surface area contributed by atoms with Gasteiger partial charge in [0.2, 0.25) is 0 Å². The maximum atomic E-state index is 10.2. The third kappa shape index (κ3) is 5.04. The van der Waals surface area contributed by atoms with E-state index in [2.05, 4.69) is 6.92 Å². The summed E-state index contributed by atoms with van der Waals surface area (Å²) in [5.41, 5.74) is 0. The molecule has 7 nitrogen and oxygen atoms in total. The van der Waals surface area contributed by atoms with Gasteiger partial charge in [0.1, 0.15) is 12.2 Å². The Balaban J connectivity index is 1.98. The number of aliphatic hydroxyl groups is 5. The van der Waals surface area contributed by atoms with Crippen LogP contribution in [0.15, 0.2) is 0 Å². The van der Waals surface area contributed by atoms with Crippen molar-refractivity contribution in [2.75, 3.05) is 18.1 Å². The Morgan fingerprint density at radius 2 is 1.83 bits per heavy atom. The van der Waals surface area contributed by atoms with Crippen molar-refractivity contribution in [2.24, 2.45) is 5.92 Å². The second-order valence-corrected chi connectivity index (χ2v) is 7.82. The Morgan fingerprint density at radius 1 is 1.08 bits per heavy atom. The van der Waals surface area contributed by atoms with Gasteiger partial charge in [-0.15, -0.1) is 0 Å². The molecule has 1 saturated carbocycles. The zero-order valence-electron chi connectivity index (χ0n) is 14.0. The molecule has 1 saturated heterocycles. The first kappa shape index (κ1) is 20.4. The monoisotopic (exact) mass is 366 g/mol. The lowest BCUT2D eigenvalue weighted by atomic mass is 9.83. The van der Waals surface area contributed by atoms with Crippen LogP contribution in [0.2, 0.25) is 0 Å². The summed E-state index contributed by atoms with van der Waals surface area (Å²) in [4.78, 5) is 0. The van der Waals surface area contributed by atoms with Crippen LogP contribution < -0.4 is 0 Å². The van der Waals surface area contributed by atoms with Gasteiger partial charge in [0.25, 0.3) is 0 Å². The van der Waals surface area contributed by atoms with Crippen molar-refractivity contribution in [1.29, 1.82) is 0 Å². The van der Waals surface area contributed by atoms with Crippen LogP contribution in [0.25, 0.3) is 0 Å². The first-order valence-electron chi connectivity index (χ1n) is 8.69. The van der Waals surface area contributed by atoms with Crippen molar-refractivity contribution in [3.63, 3.8) is 0 Å². The molecule has 0 aromatic rings. The summed E-state index contributed by atoms with van der Waals surface area (Å²) in [5.74, 6) is 1.34. The molecule has 142 valence electrons. The van der Waals surface area contributed by atoms with Crippen LogP contribution in [-0.2, 0) is 9.47 Å². The molecule has 2 rings (SSSR count). The minimum absolute atomic E-state index is 0.185. The fourth-order valence-electron chi connectivity index (χ4n) is 3.25. The van der Waals surface area contributed by atoms with E-state index in [1.54, 1.807) is 11.8 Å². The smallest absolute Gasteiger partial charge is 0.186 e. The van der Waals surface area contributed by atoms with Gasteiger partial charge in [-0.2, -0.15) is 11.8 Å². The number of ether oxygens (including phenoxy) is 2. The van der Waals surface area contributed by atoms with E-state index in [4.69, 9.17) is 9.47 Å². The Morgan fingerprint density at radius 3 is 2.50 bits per heavy atom. The molecule has 0 aromatic carbocycles. The van der Waals surface area contributed by atoms with Gasteiger partial charge in [0.15, 0.2) is 6.29 Å². The first-order valence-corrected chi connectivity index (χ1v) is 9.85. The summed E-state index contributed by atoms with van der Waals surface area (Å²) in [7, 11) is 0. The van der Waals surface area contributed by atoms with E-state index in [1.165, 1.54) is 0 Å². The van der Waals surface area contributed by atoms with Crippen molar-refractivity contribution >= 4 is 11.8 Å². The Bertz CT molecular complexity index is 370. The molecule has 8 unspecified atom stereocenters. The van der Waals surface area contributed by atoms with Gasteiger partial charge >= 0.3 is 0 Å². The molecule has 8 heteroatoms. The third-order valence-corrected chi connectivity index (χ3v) is 6.02. The quantitative estimate of drug-likeness (QED) is 0.382. The summed E-state index contributed by atoms with van der Waals surface area (Å²) in [6.45, 7) is 1.90. The van der Waals surface area contributed by atoms with Crippen molar-refractivity contribution in [3.05, 3.63) is 0 Å². The van der Waals surface area contributed by atoms with Gasteiger partial charge in [0, 0.05) is 24.7 Å². The minimum Gasteiger partial charge on any atom is -0.396 e. The molecule has 2 aliphatic rings. The molecule has 0 amide bonds. The Labute approximate surface area is 147 Å². The molecule has 0 spiro atoms. The highest BCUT2D eigenvalue weighted by Gasteiger charge is 2.44. The molecule has 0 bridgehead atoms. The molecule has 1 aliphatic heterocycles. The van der Waals surface area contributed by atoms with E-state index in [0.29, 0.717) is 25.0 Å². The maximum absolute atomic E-state index is 10.2. The lowest BCUT2D eigenvalue weighted by Gasteiger charge is -2.43. The average molecular weight is 366 g/mol. The Hall–Kier alpha value is 0.0700. The van der Waals surface area contributed by atoms with Crippen LogP contribution in [0.5, 0.6) is 0 Å². The summed E-state index contributed by atoms with van der Waals surface area (Å²) in [6.07, 6.45) is -4.16. The van der Waals surface area contributed by atoms with Crippen molar-refractivity contribution < 1.29 is 35.0 Å². The van der Waals surface area contributed by atoms with Gasteiger partial charge in [-0.3, -0.25) is 0 Å². The van der Waals surface area contributed by atoms with Gasteiger partial charge in [0.05, 0.1) is 24.4 Å². The highest BCUT2D eigenvalue weighted by molar-refractivity contribution is 7.99. The van der Waals surface area contributed by atoms with Crippen molar-refractivity contribution in [3.8, 4) is 0 Å². The van der Waals surface area contributed by atoms with E-state index in [9.17, 15) is 25.5 Å². The Kier molecular flexibility index (Phi) is 8.22. The van der Waals surface area contributed by atoms with Crippen LogP contribution in [0.4, 0.5) is 0 Å². The third-order valence-electron chi connectivity index (χ3n) is 4.71. The lowest BCUT2D eigenvalue weighted by molar-refractivity contribution is -0.300. The molecular weight excluding hydrogens is 336 g/mol. The normalized spacial score (nSPS) is 43.8. The molecule has 0 radical (unpaired) electrons. The van der Waals surface area contributed by atoms with Gasteiger partial charge < -0.3 is 35.0 Å². The molecule has 0 aromatic heterocycles. The zero-order chi connectivity index (χ0) is 17.7. The fourth-order valence-corrected chi connectivity index (χ4v) is 4.19. The van der Waals surface area contributed by atoms with Crippen LogP contribution in [0.1, 0.15) is 32.6 Å². The standard InChI is InChI=1S/C16H30O7S/c1-2-5-24-8-10-6-12(19)14(21)16(22-10)23-15-9(7-17)3-4-11(18)13(15)20/h9-21H,2-8H2,1H3. The maximum Gasteiger partial charge on any atom is 0.186 e. The predicted octanol–water partition coefficient (Wildman–Crippen LogP) is -0.524. The van der Waals surface area contributed by atoms with E-state index in [1.807, 2.05) is 0 Å². The number of thioether (sulfide) groups is 1. The first-order chi connectivity index (χ1) is 11.5. The summed E-state index contributed by atoms with van der Waals surface area (Å²) >= 11 is 1.71. The highest BCUT2D eigenvalue weighted by atomic mass is 32.2. The largest absolute Gasteiger partial charge is 0.396 e. The topological polar surface area (TPSA) is 120 Å². The molecule has 8 atom stereocenters. The van der Waals surface area contributed by atoms with Crippen molar-refractivity contribution in [1.82, 2.24) is 0 Å². The van der Waals surface area contributed by atoms with Crippen molar-refractivity contribution in [2.45, 2.75) is 75.5 Å². The molecule has 5 N–H and O–H groups in total. The van der Waals surface area contributed by atoms with Crippen LogP contribution in [-0.4, -0.2) is 86.6 Å². The van der Waals surface area contributed by atoms with Gasteiger partial charge in [-0.25, -0.2) is 0 Å². The fraction of sp³-hybridized carbons (Fsp3) is 1.00. The highest BCUT2D eigenvalue weighted by Crippen LogP contribution is 2.32. The molecule has 24 heavy (non-hydrogen) atoms. The SMILES string of the molecule is CCCSCC1CC(O)C(O)C(OC2C(CO)CCC(O)C2O)O1. The molecule has 1 aliphatic carbocycles. The van der Waals surface area contributed by atoms with Crippen LogP contribution >= 0.6 is 11.8 Å². The summed E-state index contributed by atoms with van der Waals surface area (Å²) in [5, 5.41) is 49.7. The second-order valence-electron chi connectivity index (χ2n) is 6.67. The van der Waals surface area contributed by atoms with Crippen LogP contribution in [0.3, 0.4) is 0 Å². The number of hydrogen-bond acceptors (Lipinski definition) is 8. The molecule has 2 fully saturated rings. The van der Waals surface area contributed by atoms with E-state index >= 15 is 0 Å². The van der Waals surface area contributed by atoms with Gasteiger partial charge in [-0.1, -0.05) is 6.92 Å². The van der Waals surface area contributed by atoms with E-state index in [0.717, 1.165) is 12.2 Å². The van der Waals surface area contributed by atoms with Crippen LogP contribution in [0, 0.1) is 5.92 Å². The van der Waals surface area contributed by atoms with E-state index < -0.39 is 36.8 Å². The minimum atomic E-state index is -1.22. The lowest BCUT2D eigenvalue weighted by Crippen LogP contribution is -2.56. The molecular formula is C16H30O7S. The number of rotatable bonds is 7. The number of aliphatic hydroxyl groups excluding tert-OH is 5. The average Bonchev–Trinajstić information content (AvgIpc) is 2.56. The summed E-state index contributed by atoms with van der Waals surface area (Å²) in [6, 6.07) is 0. The zero-order valence-corrected chi connectivity index (χ0v) is 14.8. The number of hydrogen-bond donors (Lipinski definition) is 5. The molecule has 1 heterocycles. The van der Waals surface area contributed by atoms with E-state index in [-0.39, 0.29) is 18.6 Å². The predicted molar refractivity (Wildman–Crippen MR) is 89.6 cm³/mol. The van der Waals surface area contributed by atoms with Gasteiger partial charge in [-0.05, 0) is 25.0 Å². The second kappa shape index (κ2) is 9.68.